The summed E-state index contributed by atoms with van der Waals surface area (Å²) in [5.74, 6) is 1.27. The van der Waals surface area contributed by atoms with Gasteiger partial charge in [0.25, 0.3) is 5.91 Å². The molecule has 178 valence electrons. The van der Waals surface area contributed by atoms with Gasteiger partial charge in [-0.1, -0.05) is 0 Å². The molecule has 32 heavy (non-hydrogen) atoms. The molecule has 0 aliphatic carbocycles. The Balaban J connectivity index is 1.35. The van der Waals surface area contributed by atoms with Crippen LogP contribution >= 0.6 is 0 Å². The molecule has 1 amide bonds. The molecule has 1 aromatic carbocycles. The maximum atomic E-state index is 13.2. The Kier molecular flexibility index (Phi) is 7.27. The normalized spacial score (nSPS) is 24.7. The monoisotopic (exact) mass is 445 g/mol. The molecule has 3 aliphatic rings. The Hall–Kier alpha value is -1.83. The zero-order chi connectivity index (χ0) is 22.7. The summed E-state index contributed by atoms with van der Waals surface area (Å²) in [6.45, 7) is 11.5. The molecule has 0 saturated carbocycles. The maximum absolute atomic E-state index is 13.2. The van der Waals surface area contributed by atoms with Gasteiger partial charge < -0.3 is 19.1 Å². The molecule has 0 N–H and O–H groups in total. The summed E-state index contributed by atoms with van der Waals surface area (Å²) in [6.07, 6.45) is 4.01. The smallest absolute Gasteiger partial charge is 0.257 e. The topological polar surface area (TPSA) is 54.5 Å². The van der Waals surface area contributed by atoms with Crippen LogP contribution in [0.15, 0.2) is 18.2 Å². The van der Waals surface area contributed by atoms with Crippen LogP contribution in [0, 0.1) is 0 Å². The molecule has 7 nitrogen and oxygen atoms in total. The van der Waals surface area contributed by atoms with Crippen LogP contribution in [-0.2, 0) is 4.74 Å². The molecule has 1 spiro atoms. The van der Waals surface area contributed by atoms with Crippen molar-refractivity contribution in [3.8, 4) is 11.5 Å². The second-order valence-electron chi connectivity index (χ2n) is 9.70. The first-order valence-corrected chi connectivity index (χ1v) is 12.1. The number of piperidine rings is 1. The molecule has 1 unspecified atom stereocenters. The molecule has 3 heterocycles. The number of carbonyl (C=O) groups is 1. The number of hydrogen-bond acceptors (Lipinski definition) is 6. The molecule has 1 atom stereocenters. The van der Waals surface area contributed by atoms with Gasteiger partial charge in [-0.3, -0.25) is 14.6 Å². The second-order valence-corrected chi connectivity index (χ2v) is 9.70. The number of rotatable bonds is 5. The van der Waals surface area contributed by atoms with Crippen LogP contribution in [0.4, 0.5) is 0 Å². The van der Waals surface area contributed by atoms with E-state index in [4.69, 9.17) is 14.2 Å². The highest BCUT2D eigenvalue weighted by Gasteiger charge is 2.43. The van der Waals surface area contributed by atoms with Crippen molar-refractivity contribution in [3.63, 3.8) is 0 Å². The van der Waals surface area contributed by atoms with E-state index in [2.05, 4.69) is 23.6 Å². The number of amides is 1. The highest BCUT2D eigenvalue weighted by Crippen LogP contribution is 2.38. The first-order valence-electron chi connectivity index (χ1n) is 12.1. The third-order valence-electron chi connectivity index (χ3n) is 7.66. The molecule has 7 heteroatoms. The van der Waals surface area contributed by atoms with Crippen LogP contribution in [0.25, 0.3) is 0 Å². The zero-order valence-electron chi connectivity index (χ0n) is 20.1. The summed E-state index contributed by atoms with van der Waals surface area (Å²) < 4.78 is 17.1. The number of nitrogens with zero attached hydrogens (tertiary/aromatic N) is 3. The minimum Gasteiger partial charge on any atom is -0.497 e. The van der Waals surface area contributed by atoms with Crippen LogP contribution in [0.3, 0.4) is 0 Å². The van der Waals surface area contributed by atoms with Crippen molar-refractivity contribution in [2.24, 2.45) is 0 Å². The summed E-state index contributed by atoms with van der Waals surface area (Å²) in [6, 6.07) is 6.61. The number of hydrogen-bond donors (Lipinski definition) is 0. The number of benzene rings is 1. The van der Waals surface area contributed by atoms with Crippen molar-refractivity contribution in [2.45, 2.75) is 57.2 Å². The second kappa shape index (κ2) is 9.98. The lowest BCUT2D eigenvalue weighted by atomic mass is 9.81. The Morgan fingerprint density at radius 1 is 1.06 bits per heavy atom. The molecule has 3 saturated heterocycles. The van der Waals surface area contributed by atoms with E-state index in [0.29, 0.717) is 29.1 Å². The lowest BCUT2D eigenvalue weighted by molar-refractivity contribution is -0.132. The molecule has 3 aliphatic heterocycles. The first kappa shape index (κ1) is 23.3. The largest absolute Gasteiger partial charge is 0.497 e. The first-order chi connectivity index (χ1) is 15.4. The summed E-state index contributed by atoms with van der Waals surface area (Å²) in [5.41, 5.74) is 0.508. The van der Waals surface area contributed by atoms with Crippen molar-refractivity contribution in [1.82, 2.24) is 14.7 Å². The van der Waals surface area contributed by atoms with Gasteiger partial charge in [0.2, 0.25) is 0 Å². The lowest BCUT2D eigenvalue weighted by Crippen LogP contribution is -2.58. The van der Waals surface area contributed by atoms with Crippen molar-refractivity contribution in [3.05, 3.63) is 23.8 Å². The van der Waals surface area contributed by atoms with Crippen LogP contribution < -0.4 is 9.47 Å². The van der Waals surface area contributed by atoms with E-state index >= 15 is 0 Å². The van der Waals surface area contributed by atoms with E-state index in [1.807, 2.05) is 11.0 Å². The zero-order valence-corrected chi connectivity index (χ0v) is 20.1. The van der Waals surface area contributed by atoms with Crippen molar-refractivity contribution in [1.29, 1.82) is 0 Å². The highest BCUT2D eigenvalue weighted by molar-refractivity contribution is 5.97. The Labute approximate surface area is 192 Å². The van der Waals surface area contributed by atoms with Crippen LogP contribution in [-0.4, -0.2) is 98.4 Å². The molecule has 3 fully saturated rings. The van der Waals surface area contributed by atoms with E-state index in [-0.39, 0.29) is 11.5 Å². The predicted molar refractivity (Wildman–Crippen MR) is 125 cm³/mol. The molecule has 0 radical (unpaired) electrons. The Morgan fingerprint density at radius 3 is 2.41 bits per heavy atom. The number of likely N-dealkylation sites (tertiary alicyclic amines) is 1. The van der Waals surface area contributed by atoms with Gasteiger partial charge in [-0.05, 0) is 51.7 Å². The number of carbonyl (C=O) groups excluding carboxylic acids is 1. The lowest BCUT2D eigenvalue weighted by Gasteiger charge is -2.50. The van der Waals surface area contributed by atoms with Crippen molar-refractivity contribution >= 4 is 5.91 Å². The molecular weight excluding hydrogens is 406 g/mol. The van der Waals surface area contributed by atoms with E-state index < -0.39 is 0 Å². The number of ether oxygens (including phenoxy) is 3. The SMILES string of the molecule is COc1ccc(C(=O)N2CCC3(CC2)CC(N2CCN(C(C)C)CC2)CCO3)c(OC)c1. The van der Waals surface area contributed by atoms with Gasteiger partial charge in [0.1, 0.15) is 11.5 Å². The van der Waals surface area contributed by atoms with Crippen molar-refractivity contribution < 1.29 is 19.0 Å². The number of piperazine rings is 1. The summed E-state index contributed by atoms with van der Waals surface area (Å²) >= 11 is 0. The van der Waals surface area contributed by atoms with Gasteiger partial charge in [-0.15, -0.1) is 0 Å². The summed E-state index contributed by atoms with van der Waals surface area (Å²) in [7, 11) is 3.20. The minimum absolute atomic E-state index is 0.0246. The average Bonchev–Trinajstić information content (AvgIpc) is 2.83. The predicted octanol–water partition coefficient (Wildman–Crippen LogP) is 2.88. The quantitative estimate of drug-likeness (QED) is 0.695. The molecule has 0 aromatic heterocycles. The summed E-state index contributed by atoms with van der Waals surface area (Å²) in [4.78, 5) is 20.4. The van der Waals surface area contributed by atoms with Gasteiger partial charge >= 0.3 is 0 Å². The third-order valence-corrected chi connectivity index (χ3v) is 7.66. The van der Waals surface area contributed by atoms with E-state index in [9.17, 15) is 4.79 Å². The van der Waals surface area contributed by atoms with Gasteiger partial charge in [0.05, 0.1) is 25.4 Å². The Bertz CT molecular complexity index is 783. The van der Waals surface area contributed by atoms with Gasteiger partial charge in [-0.25, -0.2) is 0 Å². The Morgan fingerprint density at radius 2 is 1.78 bits per heavy atom. The van der Waals surface area contributed by atoms with E-state index in [1.165, 1.54) is 0 Å². The summed E-state index contributed by atoms with van der Waals surface area (Å²) in [5, 5.41) is 0. The minimum atomic E-state index is -0.0845. The fourth-order valence-corrected chi connectivity index (χ4v) is 5.54. The molecule has 1 aromatic rings. The number of methoxy groups -OCH3 is 2. The standard InChI is InChI=1S/C25H39N3O4/c1-19(2)26-12-14-27(15-13-26)20-7-16-32-25(18-20)8-10-28(11-9-25)24(29)22-6-5-21(30-3)17-23(22)31-4/h5-6,17,19-20H,7-16,18H2,1-4H3. The third kappa shape index (κ3) is 4.90. The molecule has 4 rings (SSSR count). The van der Waals surface area contributed by atoms with Crippen LogP contribution in [0.2, 0.25) is 0 Å². The fourth-order valence-electron chi connectivity index (χ4n) is 5.54. The maximum Gasteiger partial charge on any atom is 0.257 e. The van der Waals surface area contributed by atoms with Crippen LogP contribution in [0.1, 0.15) is 49.9 Å². The van der Waals surface area contributed by atoms with E-state index in [1.54, 1.807) is 26.4 Å². The van der Waals surface area contributed by atoms with Gasteiger partial charge in [-0.2, -0.15) is 0 Å². The fraction of sp³-hybridized carbons (Fsp3) is 0.720. The average molecular weight is 446 g/mol. The van der Waals surface area contributed by atoms with Crippen molar-refractivity contribution in [2.75, 3.05) is 60.1 Å². The van der Waals surface area contributed by atoms with Crippen LogP contribution in [0.5, 0.6) is 11.5 Å². The van der Waals surface area contributed by atoms with Gasteiger partial charge in [0.15, 0.2) is 0 Å². The van der Waals surface area contributed by atoms with E-state index in [0.717, 1.165) is 71.6 Å². The highest BCUT2D eigenvalue weighted by atomic mass is 16.5. The van der Waals surface area contributed by atoms with Gasteiger partial charge in [0, 0.05) is 64.0 Å². The molecule has 0 bridgehead atoms. The molecular formula is C25H39N3O4.